The predicted molar refractivity (Wildman–Crippen MR) is 136 cm³/mol. The van der Waals surface area contributed by atoms with Crippen molar-refractivity contribution in [2.45, 2.75) is 50.7 Å². The van der Waals surface area contributed by atoms with Gasteiger partial charge in [0.15, 0.2) is 0 Å². The van der Waals surface area contributed by atoms with Crippen LogP contribution in [0.1, 0.15) is 60.5 Å². The lowest BCUT2D eigenvalue weighted by Gasteiger charge is -2.37. The highest BCUT2D eigenvalue weighted by Crippen LogP contribution is 2.41. The van der Waals surface area contributed by atoms with Crippen molar-refractivity contribution in [3.05, 3.63) is 71.3 Å². The van der Waals surface area contributed by atoms with E-state index in [0.29, 0.717) is 38.3 Å². The third kappa shape index (κ3) is 6.32. The molecule has 1 aliphatic heterocycles. The Morgan fingerprint density at radius 2 is 1.54 bits per heavy atom. The van der Waals surface area contributed by atoms with E-state index in [4.69, 9.17) is 4.99 Å². The van der Waals surface area contributed by atoms with E-state index in [1.54, 1.807) is 0 Å². The fourth-order valence-corrected chi connectivity index (χ4v) is 4.57. The van der Waals surface area contributed by atoms with E-state index >= 15 is 0 Å². The van der Waals surface area contributed by atoms with Gasteiger partial charge in [-0.25, -0.2) is 0 Å². The van der Waals surface area contributed by atoms with Crippen molar-refractivity contribution in [2.75, 3.05) is 32.7 Å². The van der Waals surface area contributed by atoms with Crippen molar-refractivity contribution >= 4 is 17.6 Å². The fourth-order valence-electron chi connectivity index (χ4n) is 4.57. The second-order valence-corrected chi connectivity index (χ2v) is 9.62. The van der Waals surface area contributed by atoms with Crippen molar-refractivity contribution in [3.63, 3.8) is 0 Å². The second-order valence-electron chi connectivity index (χ2n) is 9.62. The Morgan fingerprint density at radius 3 is 2.16 bits per heavy atom. The zero-order valence-electron chi connectivity index (χ0n) is 21.1. The number of carbonyl (C=O) groups excluding carboxylic acids is 2. The van der Waals surface area contributed by atoms with Gasteiger partial charge in [-0.3, -0.25) is 14.6 Å². The largest absolute Gasteiger partial charge is 0.417 e. The van der Waals surface area contributed by atoms with Crippen molar-refractivity contribution in [1.82, 2.24) is 15.1 Å². The number of halogens is 3. The minimum atomic E-state index is -4.60. The van der Waals surface area contributed by atoms with Gasteiger partial charge in [-0.2, -0.15) is 13.2 Å². The number of benzene rings is 2. The second kappa shape index (κ2) is 11.4. The quantitative estimate of drug-likeness (QED) is 0.314. The summed E-state index contributed by atoms with van der Waals surface area (Å²) >= 11 is 0. The first-order valence-electron chi connectivity index (χ1n) is 12.9. The molecule has 2 aromatic carbocycles. The Bertz CT molecular complexity index is 1120. The summed E-state index contributed by atoms with van der Waals surface area (Å²) in [6, 6.07) is 14.5. The number of amides is 2. The maximum atomic E-state index is 13.4. The molecular formula is C28H33F3N4O2. The van der Waals surface area contributed by atoms with Crippen LogP contribution in [0.2, 0.25) is 0 Å². The third-order valence-corrected chi connectivity index (χ3v) is 6.89. The molecule has 1 saturated heterocycles. The smallest absolute Gasteiger partial charge is 0.354 e. The van der Waals surface area contributed by atoms with Crippen LogP contribution in [0.25, 0.3) is 0 Å². The van der Waals surface area contributed by atoms with Crippen LogP contribution in [0.15, 0.2) is 59.6 Å². The van der Waals surface area contributed by atoms with E-state index in [1.165, 1.54) is 23.1 Å². The third-order valence-electron chi connectivity index (χ3n) is 6.89. The van der Waals surface area contributed by atoms with Gasteiger partial charge in [0.05, 0.1) is 11.1 Å². The van der Waals surface area contributed by atoms with E-state index in [1.807, 2.05) is 35.2 Å². The first-order chi connectivity index (χ1) is 17.7. The molecule has 0 aromatic heterocycles. The van der Waals surface area contributed by atoms with Crippen LogP contribution in [-0.2, 0) is 11.0 Å². The molecule has 4 rings (SSSR count). The number of nitrogens with zero attached hydrogens (tertiary/aromatic N) is 3. The number of alkyl halides is 3. The molecule has 0 bridgehead atoms. The molecule has 2 aliphatic rings. The molecule has 37 heavy (non-hydrogen) atoms. The maximum Gasteiger partial charge on any atom is 0.417 e. The van der Waals surface area contributed by atoms with Crippen molar-refractivity contribution < 1.29 is 22.8 Å². The molecule has 0 atom stereocenters. The number of unbranched alkanes of at least 4 members (excludes halogenated alkanes) is 2. The van der Waals surface area contributed by atoms with Gasteiger partial charge in [0.25, 0.3) is 5.91 Å². The van der Waals surface area contributed by atoms with Gasteiger partial charge in [-0.05, 0) is 31.4 Å². The molecule has 1 saturated carbocycles. The number of hydrogen-bond acceptors (Lipinski definition) is 3. The lowest BCUT2D eigenvalue weighted by molar-refractivity contribution is -0.138. The monoisotopic (exact) mass is 514 g/mol. The molecule has 2 aromatic rings. The number of amidine groups is 1. The summed E-state index contributed by atoms with van der Waals surface area (Å²) in [6.07, 6.45) is -0.182. The van der Waals surface area contributed by atoms with Crippen LogP contribution in [0.4, 0.5) is 13.2 Å². The highest BCUT2D eigenvalue weighted by atomic mass is 19.4. The average molecular weight is 515 g/mol. The zero-order valence-corrected chi connectivity index (χ0v) is 21.1. The molecule has 6 nitrogen and oxygen atoms in total. The number of rotatable bonds is 8. The first kappa shape index (κ1) is 26.7. The van der Waals surface area contributed by atoms with Gasteiger partial charge in [0.1, 0.15) is 11.4 Å². The molecule has 1 aliphatic carbocycles. The Balaban J connectivity index is 1.50. The molecule has 1 heterocycles. The summed E-state index contributed by atoms with van der Waals surface area (Å²) in [5.41, 5.74) is -1.17. The minimum absolute atomic E-state index is 0.0606. The molecule has 1 N–H and O–H groups in total. The summed E-state index contributed by atoms with van der Waals surface area (Å²) < 4.78 is 40.3. The number of hydrogen-bond donors (Lipinski definition) is 1. The average Bonchev–Trinajstić information content (AvgIpc) is 3.70. The Hall–Kier alpha value is -3.36. The van der Waals surface area contributed by atoms with Crippen LogP contribution in [-0.4, -0.2) is 65.7 Å². The molecule has 198 valence electrons. The predicted octanol–water partition coefficient (Wildman–Crippen LogP) is 4.75. The number of piperazine rings is 1. The summed E-state index contributed by atoms with van der Waals surface area (Å²) in [5.74, 6) is -0.00454. The normalized spacial score (nSPS) is 17.5. The first-order valence-corrected chi connectivity index (χ1v) is 12.9. The van der Waals surface area contributed by atoms with E-state index in [9.17, 15) is 22.8 Å². The van der Waals surface area contributed by atoms with E-state index < -0.39 is 23.2 Å². The minimum Gasteiger partial charge on any atom is -0.354 e. The van der Waals surface area contributed by atoms with Gasteiger partial charge in [0.2, 0.25) is 5.91 Å². The summed E-state index contributed by atoms with van der Waals surface area (Å²) in [6.45, 7) is 4.07. The molecule has 0 radical (unpaired) electrons. The van der Waals surface area contributed by atoms with Gasteiger partial charge >= 0.3 is 6.18 Å². The Labute approximate surface area is 215 Å². The summed E-state index contributed by atoms with van der Waals surface area (Å²) in [7, 11) is 0. The number of carbonyl (C=O) groups is 2. The van der Waals surface area contributed by atoms with E-state index in [-0.39, 0.29) is 24.6 Å². The van der Waals surface area contributed by atoms with Crippen LogP contribution >= 0.6 is 0 Å². The summed E-state index contributed by atoms with van der Waals surface area (Å²) in [4.78, 5) is 34.4. The molecule has 2 amide bonds. The van der Waals surface area contributed by atoms with Gasteiger partial charge in [-0.1, -0.05) is 62.2 Å². The fraction of sp³-hybridized carbons (Fsp3) is 0.464. The Morgan fingerprint density at radius 1 is 0.919 bits per heavy atom. The van der Waals surface area contributed by atoms with E-state index in [2.05, 4.69) is 12.2 Å². The van der Waals surface area contributed by atoms with Gasteiger partial charge in [-0.15, -0.1) is 0 Å². The topological polar surface area (TPSA) is 65.0 Å². The molecule has 0 spiro atoms. The molecular weight excluding hydrogens is 481 g/mol. The Kier molecular flexibility index (Phi) is 8.19. The lowest BCUT2D eigenvalue weighted by Crippen LogP contribution is -2.51. The molecule has 9 heteroatoms. The number of nitrogens with one attached hydrogen (secondary N) is 1. The van der Waals surface area contributed by atoms with Crippen LogP contribution in [0.3, 0.4) is 0 Å². The number of aliphatic imine (C=N–C) groups is 1. The van der Waals surface area contributed by atoms with Gasteiger partial charge in [0, 0.05) is 38.3 Å². The highest BCUT2D eigenvalue weighted by Gasteiger charge is 2.50. The molecule has 0 unspecified atom stereocenters. The zero-order chi connectivity index (χ0) is 26.5. The molecule has 2 fully saturated rings. The maximum absolute atomic E-state index is 13.4. The van der Waals surface area contributed by atoms with Crippen molar-refractivity contribution in [1.29, 1.82) is 0 Å². The van der Waals surface area contributed by atoms with Crippen molar-refractivity contribution in [2.24, 2.45) is 4.99 Å². The van der Waals surface area contributed by atoms with E-state index in [0.717, 1.165) is 30.9 Å². The van der Waals surface area contributed by atoms with Crippen LogP contribution in [0.5, 0.6) is 0 Å². The van der Waals surface area contributed by atoms with Crippen molar-refractivity contribution in [3.8, 4) is 0 Å². The SMILES string of the molecule is CCCCCNC(=O)C1(/N=C(\c2ccccc2)N2CCN(C(=O)c3ccccc3C(F)(F)F)CC2)CC1. The van der Waals surface area contributed by atoms with Gasteiger partial charge < -0.3 is 15.1 Å². The lowest BCUT2D eigenvalue weighted by atomic mass is 10.1. The van der Waals surface area contributed by atoms with Crippen LogP contribution in [0, 0.1) is 0 Å². The summed E-state index contributed by atoms with van der Waals surface area (Å²) in [5, 5.41) is 3.03. The van der Waals surface area contributed by atoms with Crippen LogP contribution < -0.4 is 5.32 Å². The standard InChI is InChI=1S/C28H33F3N4O2/c1-2-3-9-16-32-26(37)27(14-15-27)33-24(21-10-5-4-6-11-21)34-17-19-35(20-18-34)25(36)22-12-7-8-13-23(22)28(29,30)31/h4-8,10-13H,2-3,9,14-20H2,1H3,(H,32,37)/b33-24+. The highest BCUT2D eigenvalue weighted by molar-refractivity contribution is 6.02.